The largest absolute Gasteiger partial charge is 0.489 e. The fraction of sp³-hybridized carbons (Fsp3) is 0.480. The van der Waals surface area contributed by atoms with Gasteiger partial charge in [0.1, 0.15) is 24.0 Å². The van der Waals surface area contributed by atoms with Crippen molar-refractivity contribution in [3.8, 4) is 5.75 Å². The fourth-order valence-electron chi connectivity index (χ4n) is 6.20. The summed E-state index contributed by atoms with van der Waals surface area (Å²) in [7, 11) is 0. The maximum atomic E-state index is 13.8. The van der Waals surface area contributed by atoms with Crippen LogP contribution < -0.4 is 4.74 Å². The second kappa shape index (κ2) is 6.72. The van der Waals surface area contributed by atoms with E-state index < -0.39 is 0 Å². The van der Waals surface area contributed by atoms with E-state index in [1.807, 2.05) is 12.1 Å². The van der Waals surface area contributed by atoms with Crippen molar-refractivity contribution in [3.05, 3.63) is 65.0 Å². The number of ketones is 1. The van der Waals surface area contributed by atoms with Gasteiger partial charge in [-0.05, 0) is 79.2 Å². The van der Waals surface area contributed by atoms with Gasteiger partial charge in [-0.15, -0.1) is 0 Å². The third-order valence-corrected chi connectivity index (χ3v) is 7.76. The maximum absolute atomic E-state index is 13.8. The molecule has 3 aliphatic rings. The van der Waals surface area contributed by atoms with Gasteiger partial charge in [0.25, 0.3) is 0 Å². The summed E-state index contributed by atoms with van der Waals surface area (Å²) in [6, 6.07) is 13.2. The summed E-state index contributed by atoms with van der Waals surface area (Å²) < 4.78 is 19.7. The lowest BCUT2D eigenvalue weighted by Crippen LogP contribution is -2.42. The summed E-state index contributed by atoms with van der Waals surface area (Å²) in [6.07, 6.45) is 6.22. The molecule has 146 valence electrons. The second-order valence-corrected chi connectivity index (χ2v) is 9.07. The van der Waals surface area contributed by atoms with Gasteiger partial charge in [-0.1, -0.05) is 31.2 Å². The molecule has 0 aromatic heterocycles. The lowest BCUT2D eigenvalue weighted by Gasteiger charge is -2.48. The molecule has 0 amide bonds. The molecule has 0 spiro atoms. The van der Waals surface area contributed by atoms with Gasteiger partial charge in [0.15, 0.2) is 0 Å². The molecule has 2 aromatic carbocycles. The number of carbonyl (C=O) groups is 1. The fourth-order valence-corrected chi connectivity index (χ4v) is 6.20. The monoisotopic (exact) mass is 378 g/mol. The van der Waals surface area contributed by atoms with Crippen LogP contribution in [0.5, 0.6) is 5.75 Å². The average Bonchev–Trinajstić information content (AvgIpc) is 3.02. The van der Waals surface area contributed by atoms with E-state index in [2.05, 4.69) is 19.1 Å². The molecule has 5 rings (SSSR count). The van der Waals surface area contributed by atoms with Crippen molar-refractivity contribution in [2.24, 2.45) is 17.3 Å². The highest BCUT2D eigenvalue weighted by atomic mass is 19.1. The van der Waals surface area contributed by atoms with Crippen LogP contribution in [0.3, 0.4) is 0 Å². The van der Waals surface area contributed by atoms with Crippen molar-refractivity contribution in [1.82, 2.24) is 0 Å². The van der Waals surface area contributed by atoms with E-state index in [1.54, 1.807) is 12.1 Å². The molecule has 0 saturated heterocycles. The van der Waals surface area contributed by atoms with Crippen LogP contribution in [0.2, 0.25) is 0 Å². The first-order chi connectivity index (χ1) is 13.6. The van der Waals surface area contributed by atoms with Gasteiger partial charge in [0.05, 0.1) is 0 Å². The SMILES string of the molecule is C[C@]12CC[C@H]3c4ccc(OCc5ccccc5F)cc4CC[C@H]3[C@@H]1CCC2=O. The molecule has 28 heavy (non-hydrogen) atoms. The summed E-state index contributed by atoms with van der Waals surface area (Å²) in [5.41, 5.74) is 3.34. The van der Waals surface area contributed by atoms with Gasteiger partial charge in [-0.25, -0.2) is 4.39 Å². The van der Waals surface area contributed by atoms with Gasteiger partial charge in [0.2, 0.25) is 0 Å². The van der Waals surface area contributed by atoms with Crippen LogP contribution >= 0.6 is 0 Å². The summed E-state index contributed by atoms with van der Waals surface area (Å²) in [6.45, 7) is 2.47. The van der Waals surface area contributed by atoms with Crippen LogP contribution in [0, 0.1) is 23.1 Å². The average molecular weight is 378 g/mol. The quantitative estimate of drug-likeness (QED) is 0.672. The standard InChI is InChI=1S/C25H27FO2/c1-25-13-12-20-19-9-7-18(28-15-17-4-2-3-5-23(17)26)14-16(19)6-8-21(20)22(25)10-11-24(25)27/h2-5,7,9,14,20-22H,6,8,10-13,15H2,1H3/t20-,21+,22-,25-/m0/s1. The molecule has 3 heteroatoms. The van der Waals surface area contributed by atoms with Gasteiger partial charge in [-0.3, -0.25) is 4.79 Å². The van der Waals surface area contributed by atoms with Crippen LogP contribution in [0.25, 0.3) is 0 Å². The normalized spacial score (nSPS) is 31.1. The van der Waals surface area contributed by atoms with Crippen molar-refractivity contribution in [2.45, 2.75) is 58.0 Å². The Balaban J connectivity index is 1.35. The highest BCUT2D eigenvalue weighted by Crippen LogP contribution is 2.59. The van der Waals surface area contributed by atoms with E-state index in [-0.39, 0.29) is 17.8 Å². The molecule has 0 radical (unpaired) electrons. The van der Waals surface area contributed by atoms with E-state index in [0.717, 1.165) is 37.9 Å². The van der Waals surface area contributed by atoms with Crippen LogP contribution in [0.1, 0.15) is 61.6 Å². The molecule has 0 heterocycles. The molecule has 0 N–H and O–H groups in total. The minimum Gasteiger partial charge on any atom is -0.489 e. The molecule has 2 fully saturated rings. The second-order valence-electron chi connectivity index (χ2n) is 9.07. The highest BCUT2D eigenvalue weighted by Gasteiger charge is 2.54. The molecule has 2 nitrogen and oxygen atoms in total. The number of hydrogen-bond acceptors (Lipinski definition) is 2. The van der Waals surface area contributed by atoms with E-state index >= 15 is 0 Å². The Hall–Kier alpha value is -2.16. The molecular formula is C25H27FO2. The number of halogens is 1. The van der Waals surface area contributed by atoms with Gasteiger partial charge < -0.3 is 4.74 Å². The number of benzene rings is 2. The van der Waals surface area contributed by atoms with E-state index in [9.17, 15) is 9.18 Å². The Morgan fingerprint density at radius 2 is 1.96 bits per heavy atom. The topological polar surface area (TPSA) is 26.3 Å². The Kier molecular flexibility index (Phi) is 4.30. The number of rotatable bonds is 3. The first-order valence-electron chi connectivity index (χ1n) is 10.6. The van der Waals surface area contributed by atoms with Crippen molar-refractivity contribution < 1.29 is 13.9 Å². The minimum atomic E-state index is -0.223. The summed E-state index contributed by atoms with van der Waals surface area (Å²) in [5, 5.41) is 0. The number of fused-ring (bicyclic) bond motifs is 5. The third kappa shape index (κ3) is 2.78. The Bertz CT molecular complexity index is 921. The molecular weight excluding hydrogens is 351 g/mol. The summed E-state index contributed by atoms with van der Waals surface area (Å²) >= 11 is 0. The Labute approximate surface area is 166 Å². The molecule has 2 saturated carbocycles. The van der Waals surface area contributed by atoms with Crippen LogP contribution in [0.15, 0.2) is 42.5 Å². The molecule has 2 aromatic rings. The smallest absolute Gasteiger partial charge is 0.139 e. The number of ether oxygens (including phenoxy) is 1. The van der Waals surface area contributed by atoms with Crippen LogP contribution in [0.4, 0.5) is 4.39 Å². The predicted molar refractivity (Wildman–Crippen MR) is 107 cm³/mol. The molecule has 4 atom stereocenters. The van der Waals surface area contributed by atoms with Crippen molar-refractivity contribution in [2.75, 3.05) is 0 Å². The highest BCUT2D eigenvalue weighted by molar-refractivity contribution is 5.87. The van der Waals surface area contributed by atoms with Crippen molar-refractivity contribution in [1.29, 1.82) is 0 Å². The maximum Gasteiger partial charge on any atom is 0.139 e. The molecule has 3 aliphatic carbocycles. The molecule has 0 bridgehead atoms. The van der Waals surface area contributed by atoms with Crippen molar-refractivity contribution in [3.63, 3.8) is 0 Å². The Morgan fingerprint density at radius 1 is 1.11 bits per heavy atom. The first kappa shape index (κ1) is 17.9. The first-order valence-corrected chi connectivity index (χ1v) is 10.6. The Morgan fingerprint density at radius 3 is 2.82 bits per heavy atom. The number of carbonyl (C=O) groups excluding carboxylic acids is 1. The molecule has 0 unspecified atom stereocenters. The third-order valence-electron chi connectivity index (χ3n) is 7.76. The van der Waals surface area contributed by atoms with E-state index in [1.165, 1.54) is 23.6 Å². The van der Waals surface area contributed by atoms with E-state index in [4.69, 9.17) is 4.74 Å². The van der Waals surface area contributed by atoms with Crippen LogP contribution in [-0.2, 0) is 17.8 Å². The zero-order valence-electron chi connectivity index (χ0n) is 16.4. The minimum absolute atomic E-state index is 0.0680. The molecule has 0 aliphatic heterocycles. The zero-order chi connectivity index (χ0) is 19.3. The van der Waals surface area contributed by atoms with Crippen LogP contribution in [-0.4, -0.2) is 5.78 Å². The number of aryl methyl sites for hydroxylation is 1. The summed E-state index contributed by atoms with van der Waals surface area (Å²) in [5.74, 6) is 2.87. The van der Waals surface area contributed by atoms with Gasteiger partial charge in [0, 0.05) is 17.4 Å². The van der Waals surface area contributed by atoms with Gasteiger partial charge >= 0.3 is 0 Å². The predicted octanol–water partition coefficient (Wildman–Crippen LogP) is 5.83. The zero-order valence-corrected chi connectivity index (χ0v) is 16.4. The lowest BCUT2D eigenvalue weighted by atomic mass is 9.55. The number of hydrogen-bond donors (Lipinski definition) is 0. The lowest BCUT2D eigenvalue weighted by molar-refractivity contribution is -0.129. The van der Waals surface area contributed by atoms with Gasteiger partial charge in [-0.2, -0.15) is 0 Å². The van der Waals surface area contributed by atoms with Crippen molar-refractivity contribution >= 4 is 5.78 Å². The van der Waals surface area contributed by atoms with E-state index in [0.29, 0.717) is 29.1 Å². The summed E-state index contributed by atoms with van der Waals surface area (Å²) in [4.78, 5) is 12.5. The number of Topliss-reactive ketones (excluding diaryl/α,β-unsaturated/α-hetero) is 1.